The Morgan fingerprint density at radius 3 is 2.58 bits per heavy atom. The smallest absolute Gasteiger partial charge is 0.354 e. The number of hydrogen-bond donors (Lipinski definition) is 1. The van der Waals surface area contributed by atoms with Crippen molar-refractivity contribution in [2.45, 2.75) is 0 Å². The van der Waals surface area contributed by atoms with E-state index in [0.717, 1.165) is 16.7 Å². The molecule has 1 N–H and O–H groups in total. The summed E-state index contributed by atoms with van der Waals surface area (Å²) in [5, 5.41) is 9.79. The number of ether oxygens (including phenoxy) is 1. The van der Waals surface area contributed by atoms with E-state index in [2.05, 4.69) is 11.6 Å². The lowest BCUT2D eigenvalue weighted by molar-refractivity contribution is 0.0690. The topological polar surface area (TPSA) is 59.4 Å². The molecule has 2 aromatic carbocycles. The molecule has 130 valence electrons. The van der Waals surface area contributed by atoms with E-state index >= 15 is 0 Å². The van der Waals surface area contributed by atoms with E-state index < -0.39 is 5.97 Å². The van der Waals surface area contributed by atoms with Gasteiger partial charge in [0, 0.05) is 16.1 Å². The van der Waals surface area contributed by atoms with E-state index in [4.69, 9.17) is 16.3 Å². The van der Waals surface area contributed by atoms with Gasteiger partial charge in [-0.2, -0.15) is 0 Å². The highest BCUT2D eigenvalue weighted by Gasteiger charge is 2.14. The van der Waals surface area contributed by atoms with Crippen molar-refractivity contribution >= 4 is 17.6 Å². The van der Waals surface area contributed by atoms with Crippen molar-refractivity contribution in [3.8, 4) is 28.1 Å². The van der Waals surface area contributed by atoms with Crippen LogP contribution in [0, 0.1) is 0 Å². The Morgan fingerprint density at radius 2 is 1.85 bits per heavy atom. The number of halogens is 1. The molecule has 0 aliphatic heterocycles. The Morgan fingerprint density at radius 1 is 1.08 bits per heavy atom. The molecule has 3 aromatic rings. The minimum Gasteiger partial charge on any atom is -0.489 e. The predicted molar refractivity (Wildman–Crippen MR) is 103 cm³/mol. The van der Waals surface area contributed by atoms with E-state index in [1.807, 2.05) is 30.3 Å². The summed E-state index contributed by atoms with van der Waals surface area (Å²) in [5.41, 5.74) is 3.00. The van der Waals surface area contributed by atoms with Crippen molar-refractivity contribution in [3.63, 3.8) is 0 Å². The van der Waals surface area contributed by atoms with Gasteiger partial charge in [-0.05, 0) is 35.9 Å². The van der Waals surface area contributed by atoms with Crippen molar-refractivity contribution in [1.29, 1.82) is 0 Å². The van der Waals surface area contributed by atoms with Crippen LogP contribution in [0.2, 0.25) is 5.02 Å². The summed E-state index contributed by atoms with van der Waals surface area (Å²) in [6.45, 7) is 4.04. The molecular formula is C21H16ClNO3. The first-order chi connectivity index (χ1) is 12.6. The highest BCUT2D eigenvalue weighted by Crippen LogP contribution is 2.38. The Hall–Kier alpha value is -3.11. The zero-order valence-corrected chi connectivity index (χ0v) is 14.6. The predicted octanol–water partition coefficient (Wildman–Crippen LogP) is 5.33. The van der Waals surface area contributed by atoms with Gasteiger partial charge >= 0.3 is 5.97 Å². The van der Waals surface area contributed by atoms with Gasteiger partial charge in [-0.15, -0.1) is 0 Å². The van der Waals surface area contributed by atoms with E-state index in [-0.39, 0.29) is 5.69 Å². The molecule has 0 radical (unpaired) electrons. The third-order valence-corrected chi connectivity index (χ3v) is 3.99. The van der Waals surface area contributed by atoms with Crippen molar-refractivity contribution in [3.05, 3.63) is 84.0 Å². The number of pyridine rings is 1. The molecule has 0 bridgehead atoms. The van der Waals surface area contributed by atoms with Gasteiger partial charge in [-0.25, -0.2) is 9.78 Å². The summed E-state index contributed by atoms with van der Waals surface area (Å²) in [4.78, 5) is 15.5. The van der Waals surface area contributed by atoms with Crippen molar-refractivity contribution in [2.24, 2.45) is 0 Å². The van der Waals surface area contributed by atoms with Crippen molar-refractivity contribution in [2.75, 3.05) is 6.61 Å². The number of aromatic carboxylic acids is 1. The van der Waals surface area contributed by atoms with Crippen LogP contribution >= 0.6 is 11.6 Å². The number of nitrogens with zero attached hydrogens (tertiary/aromatic N) is 1. The summed E-state index contributed by atoms with van der Waals surface area (Å²) in [6, 6.07) is 17.9. The van der Waals surface area contributed by atoms with Crippen LogP contribution in [0.4, 0.5) is 0 Å². The van der Waals surface area contributed by atoms with Crippen molar-refractivity contribution in [1.82, 2.24) is 4.98 Å². The van der Waals surface area contributed by atoms with Crippen LogP contribution in [0.15, 0.2) is 73.3 Å². The van der Waals surface area contributed by atoms with Gasteiger partial charge < -0.3 is 9.84 Å². The second kappa shape index (κ2) is 7.85. The molecule has 5 heteroatoms. The van der Waals surface area contributed by atoms with E-state index in [9.17, 15) is 9.90 Å². The van der Waals surface area contributed by atoms with Crippen LogP contribution in [-0.4, -0.2) is 22.7 Å². The maximum atomic E-state index is 11.2. The summed E-state index contributed by atoms with van der Waals surface area (Å²) < 4.78 is 5.76. The van der Waals surface area contributed by atoms with Gasteiger partial charge in [0.05, 0.1) is 5.69 Å². The largest absolute Gasteiger partial charge is 0.489 e. The summed E-state index contributed by atoms with van der Waals surface area (Å²) in [7, 11) is 0. The average molecular weight is 366 g/mol. The molecule has 0 amide bonds. The van der Waals surface area contributed by atoms with Crippen LogP contribution in [0.3, 0.4) is 0 Å². The third kappa shape index (κ3) is 3.76. The molecule has 1 aromatic heterocycles. The molecule has 3 rings (SSSR count). The minimum atomic E-state index is -1.07. The molecule has 0 saturated heterocycles. The van der Waals surface area contributed by atoms with Crippen LogP contribution in [0.25, 0.3) is 22.4 Å². The standard InChI is InChI=1S/C21H16ClNO3/c1-2-12-26-20-11-10-14(22)13-17(20)15-6-3-4-7-16(15)18-8-5-9-19(23-18)21(24)25/h2-11,13H,1,12H2,(H,24,25). The molecule has 0 unspecified atom stereocenters. The van der Waals surface area contributed by atoms with Gasteiger partial charge in [0.25, 0.3) is 0 Å². The monoisotopic (exact) mass is 365 g/mol. The second-order valence-corrected chi connectivity index (χ2v) is 5.94. The lowest BCUT2D eigenvalue weighted by Crippen LogP contribution is -2.01. The van der Waals surface area contributed by atoms with Crippen LogP contribution in [-0.2, 0) is 0 Å². The highest BCUT2D eigenvalue weighted by molar-refractivity contribution is 6.31. The molecule has 0 aliphatic carbocycles. The molecule has 0 aliphatic rings. The van der Waals surface area contributed by atoms with E-state index in [1.165, 1.54) is 6.07 Å². The average Bonchev–Trinajstić information content (AvgIpc) is 2.67. The third-order valence-electron chi connectivity index (χ3n) is 3.76. The maximum absolute atomic E-state index is 11.2. The number of carboxylic acid groups (broad SMARTS) is 1. The molecule has 1 heterocycles. The van der Waals surface area contributed by atoms with Crippen molar-refractivity contribution < 1.29 is 14.6 Å². The zero-order valence-electron chi connectivity index (χ0n) is 13.9. The summed E-state index contributed by atoms with van der Waals surface area (Å²) in [6.07, 6.45) is 1.67. The molecule has 26 heavy (non-hydrogen) atoms. The lowest BCUT2D eigenvalue weighted by atomic mass is 9.96. The molecule has 0 fully saturated rings. The number of rotatable bonds is 6. The maximum Gasteiger partial charge on any atom is 0.354 e. The fraction of sp³-hybridized carbons (Fsp3) is 0.0476. The van der Waals surface area contributed by atoms with Gasteiger partial charge in [0.2, 0.25) is 0 Å². The fourth-order valence-electron chi connectivity index (χ4n) is 2.63. The van der Waals surface area contributed by atoms with Crippen LogP contribution in [0.5, 0.6) is 5.75 Å². The highest BCUT2D eigenvalue weighted by atomic mass is 35.5. The van der Waals surface area contributed by atoms with Gasteiger partial charge in [0.15, 0.2) is 0 Å². The lowest BCUT2D eigenvalue weighted by Gasteiger charge is -2.14. The first-order valence-electron chi connectivity index (χ1n) is 7.93. The number of benzene rings is 2. The fourth-order valence-corrected chi connectivity index (χ4v) is 2.80. The number of carboxylic acids is 1. The quantitative estimate of drug-likeness (QED) is 0.599. The van der Waals surface area contributed by atoms with Crippen LogP contribution < -0.4 is 4.74 Å². The minimum absolute atomic E-state index is 0.00784. The first-order valence-corrected chi connectivity index (χ1v) is 8.31. The molecule has 0 saturated carbocycles. The summed E-state index contributed by atoms with van der Waals surface area (Å²) in [5.74, 6) is -0.404. The Kier molecular flexibility index (Phi) is 5.34. The number of carbonyl (C=O) groups is 1. The Balaban J connectivity index is 2.17. The molecule has 4 nitrogen and oxygen atoms in total. The Labute approximate surface area is 156 Å². The first kappa shape index (κ1) is 17.7. The zero-order chi connectivity index (χ0) is 18.5. The van der Waals surface area contributed by atoms with Gasteiger partial charge in [-0.1, -0.05) is 54.6 Å². The second-order valence-electron chi connectivity index (χ2n) is 5.50. The molecule has 0 atom stereocenters. The number of hydrogen-bond acceptors (Lipinski definition) is 3. The SMILES string of the molecule is C=CCOc1ccc(Cl)cc1-c1ccccc1-c1cccc(C(=O)O)n1. The molecule has 0 spiro atoms. The normalized spacial score (nSPS) is 10.3. The van der Waals surface area contributed by atoms with Gasteiger partial charge in [0.1, 0.15) is 18.1 Å². The summed E-state index contributed by atoms with van der Waals surface area (Å²) >= 11 is 6.20. The Bertz CT molecular complexity index is 969. The van der Waals surface area contributed by atoms with Crippen LogP contribution in [0.1, 0.15) is 10.5 Å². The van der Waals surface area contributed by atoms with Gasteiger partial charge in [-0.3, -0.25) is 0 Å². The van der Waals surface area contributed by atoms with E-state index in [0.29, 0.717) is 23.1 Å². The number of aromatic nitrogens is 1. The van der Waals surface area contributed by atoms with E-state index in [1.54, 1.807) is 30.3 Å². The molecular weight excluding hydrogens is 350 g/mol.